The summed E-state index contributed by atoms with van der Waals surface area (Å²) in [6, 6.07) is 5.13. The summed E-state index contributed by atoms with van der Waals surface area (Å²) in [6.07, 6.45) is 0. The third-order valence-electron chi connectivity index (χ3n) is 1.54. The predicted molar refractivity (Wildman–Crippen MR) is 51.3 cm³/mol. The van der Waals surface area contributed by atoms with Gasteiger partial charge in [-0.15, -0.1) is 0 Å². The SMILES string of the molecule is FC(F)Oc1nc2c(Cl)cccc2s1. The number of alkyl halides is 2. The molecule has 0 amide bonds. The number of para-hydroxylation sites is 1. The summed E-state index contributed by atoms with van der Waals surface area (Å²) >= 11 is 6.85. The Balaban J connectivity index is 2.46. The molecular weight excluding hydrogens is 232 g/mol. The number of hydrogen-bond donors (Lipinski definition) is 0. The van der Waals surface area contributed by atoms with Gasteiger partial charge in [0.2, 0.25) is 0 Å². The van der Waals surface area contributed by atoms with Crippen LogP contribution in [0.2, 0.25) is 5.02 Å². The molecule has 1 heterocycles. The minimum atomic E-state index is -2.85. The highest BCUT2D eigenvalue weighted by Gasteiger charge is 2.11. The van der Waals surface area contributed by atoms with Crippen LogP contribution >= 0.6 is 22.9 Å². The standard InChI is InChI=1S/C8H4ClF2NOS/c9-4-2-1-3-5-6(4)12-8(14-5)13-7(10)11/h1-3,7H. The van der Waals surface area contributed by atoms with Crippen molar-refractivity contribution in [1.29, 1.82) is 0 Å². The van der Waals surface area contributed by atoms with Crippen molar-refractivity contribution >= 4 is 33.2 Å². The summed E-state index contributed by atoms with van der Waals surface area (Å²) in [4.78, 5) is 3.84. The van der Waals surface area contributed by atoms with Crippen LogP contribution in [0.15, 0.2) is 18.2 Å². The van der Waals surface area contributed by atoms with Gasteiger partial charge in [0.05, 0.1) is 9.72 Å². The Hall–Kier alpha value is -0.940. The number of rotatable bonds is 2. The molecule has 0 saturated heterocycles. The van der Waals surface area contributed by atoms with E-state index < -0.39 is 6.61 Å². The summed E-state index contributed by atoms with van der Waals surface area (Å²) in [5, 5.41) is 0.367. The molecule has 0 saturated carbocycles. The lowest BCUT2D eigenvalue weighted by molar-refractivity contribution is -0.0497. The van der Waals surface area contributed by atoms with Gasteiger partial charge in [-0.1, -0.05) is 29.0 Å². The highest BCUT2D eigenvalue weighted by molar-refractivity contribution is 7.20. The quantitative estimate of drug-likeness (QED) is 0.794. The van der Waals surface area contributed by atoms with Crippen LogP contribution in [0.3, 0.4) is 0 Å². The zero-order chi connectivity index (χ0) is 10.1. The van der Waals surface area contributed by atoms with E-state index in [1.165, 1.54) is 0 Å². The minimum absolute atomic E-state index is 0.0666. The molecule has 2 aromatic rings. The Morgan fingerprint density at radius 3 is 2.86 bits per heavy atom. The first-order valence-corrected chi connectivity index (χ1v) is 4.86. The third-order valence-corrected chi connectivity index (χ3v) is 2.76. The van der Waals surface area contributed by atoms with Crippen LogP contribution in [0.25, 0.3) is 10.2 Å². The molecule has 2 rings (SSSR count). The molecule has 74 valence electrons. The van der Waals surface area contributed by atoms with Gasteiger partial charge >= 0.3 is 6.61 Å². The second-order valence-corrected chi connectivity index (χ2v) is 3.85. The van der Waals surface area contributed by atoms with Gasteiger partial charge < -0.3 is 4.74 Å². The first-order valence-electron chi connectivity index (χ1n) is 3.66. The maximum absolute atomic E-state index is 11.9. The number of ether oxygens (including phenoxy) is 1. The second kappa shape index (κ2) is 3.67. The van der Waals surface area contributed by atoms with Crippen LogP contribution in [0.1, 0.15) is 0 Å². The van der Waals surface area contributed by atoms with Crippen molar-refractivity contribution in [3.63, 3.8) is 0 Å². The molecule has 1 aromatic carbocycles. The fourth-order valence-electron chi connectivity index (χ4n) is 1.02. The van der Waals surface area contributed by atoms with Gasteiger partial charge in [-0.3, -0.25) is 0 Å². The zero-order valence-electron chi connectivity index (χ0n) is 6.71. The van der Waals surface area contributed by atoms with E-state index in [2.05, 4.69) is 9.72 Å². The van der Waals surface area contributed by atoms with Crippen LogP contribution in [0, 0.1) is 0 Å². The molecule has 6 heteroatoms. The topological polar surface area (TPSA) is 22.1 Å². The minimum Gasteiger partial charge on any atom is -0.408 e. The molecule has 0 aliphatic carbocycles. The Bertz CT molecular complexity index is 460. The van der Waals surface area contributed by atoms with Gasteiger partial charge in [-0.2, -0.15) is 8.78 Å². The van der Waals surface area contributed by atoms with Gasteiger partial charge in [-0.05, 0) is 12.1 Å². The second-order valence-electron chi connectivity index (χ2n) is 2.44. The first kappa shape index (κ1) is 9.61. The molecule has 14 heavy (non-hydrogen) atoms. The summed E-state index contributed by atoms with van der Waals surface area (Å²) in [5.41, 5.74) is 0.495. The van der Waals surface area contributed by atoms with E-state index in [1.807, 2.05) is 0 Å². The zero-order valence-corrected chi connectivity index (χ0v) is 8.28. The largest absolute Gasteiger partial charge is 0.408 e. The van der Waals surface area contributed by atoms with Crippen LogP contribution in [0.5, 0.6) is 5.19 Å². The van der Waals surface area contributed by atoms with Crippen LogP contribution in [-0.4, -0.2) is 11.6 Å². The van der Waals surface area contributed by atoms with E-state index in [4.69, 9.17) is 11.6 Å². The molecular formula is C8H4ClF2NOS. The van der Waals surface area contributed by atoms with Gasteiger partial charge in [0, 0.05) is 0 Å². The van der Waals surface area contributed by atoms with Gasteiger partial charge in [0.15, 0.2) is 0 Å². The lowest BCUT2D eigenvalue weighted by atomic mass is 10.3. The highest BCUT2D eigenvalue weighted by Crippen LogP contribution is 2.32. The molecule has 0 spiro atoms. The summed E-state index contributed by atoms with van der Waals surface area (Å²) < 4.78 is 28.6. The van der Waals surface area contributed by atoms with Crippen LogP contribution in [0.4, 0.5) is 8.78 Å². The van der Waals surface area contributed by atoms with Crippen molar-refractivity contribution < 1.29 is 13.5 Å². The van der Waals surface area contributed by atoms with Crippen LogP contribution < -0.4 is 4.74 Å². The van der Waals surface area contributed by atoms with Crippen LogP contribution in [-0.2, 0) is 0 Å². The smallest absolute Gasteiger partial charge is 0.389 e. The molecule has 0 atom stereocenters. The number of fused-ring (bicyclic) bond motifs is 1. The Labute approximate surface area is 87.1 Å². The Morgan fingerprint density at radius 2 is 2.21 bits per heavy atom. The average molecular weight is 236 g/mol. The molecule has 0 unspecified atom stereocenters. The fourth-order valence-corrected chi connectivity index (χ4v) is 2.14. The van der Waals surface area contributed by atoms with E-state index in [0.29, 0.717) is 10.5 Å². The molecule has 0 aliphatic heterocycles. The lowest BCUT2D eigenvalue weighted by Crippen LogP contribution is -2.00. The Kier molecular flexibility index (Phi) is 2.52. The number of benzene rings is 1. The Morgan fingerprint density at radius 1 is 1.43 bits per heavy atom. The molecule has 2 nitrogen and oxygen atoms in total. The van der Waals surface area contributed by atoms with Crippen molar-refractivity contribution in [2.24, 2.45) is 0 Å². The van der Waals surface area contributed by atoms with E-state index in [0.717, 1.165) is 16.0 Å². The van der Waals surface area contributed by atoms with E-state index in [-0.39, 0.29) is 5.19 Å². The van der Waals surface area contributed by atoms with Crippen molar-refractivity contribution in [2.45, 2.75) is 6.61 Å². The monoisotopic (exact) mass is 235 g/mol. The van der Waals surface area contributed by atoms with E-state index in [1.54, 1.807) is 18.2 Å². The first-order chi connectivity index (χ1) is 6.66. The molecule has 0 aliphatic rings. The maximum Gasteiger partial charge on any atom is 0.389 e. The number of nitrogens with zero attached hydrogens (tertiary/aromatic N) is 1. The van der Waals surface area contributed by atoms with Gasteiger partial charge in [0.1, 0.15) is 5.52 Å². The normalized spacial score (nSPS) is 11.1. The molecule has 0 bridgehead atoms. The maximum atomic E-state index is 11.9. The highest BCUT2D eigenvalue weighted by atomic mass is 35.5. The van der Waals surface area contributed by atoms with Crippen molar-refractivity contribution in [3.05, 3.63) is 23.2 Å². The summed E-state index contributed by atoms with van der Waals surface area (Å²) in [7, 11) is 0. The molecule has 0 fully saturated rings. The van der Waals surface area contributed by atoms with Crippen molar-refractivity contribution in [3.8, 4) is 5.19 Å². The van der Waals surface area contributed by atoms with Crippen molar-refractivity contribution in [1.82, 2.24) is 4.98 Å². The fraction of sp³-hybridized carbons (Fsp3) is 0.125. The number of thiazole rings is 1. The average Bonchev–Trinajstić information content (AvgIpc) is 2.47. The molecule has 0 N–H and O–H groups in total. The van der Waals surface area contributed by atoms with Crippen molar-refractivity contribution in [2.75, 3.05) is 0 Å². The molecule has 0 radical (unpaired) electrons. The summed E-state index contributed by atoms with van der Waals surface area (Å²) in [5.74, 6) is 0. The van der Waals surface area contributed by atoms with E-state index >= 15 is 0 Å². The van der Waals surface area contributed by atoms with Gasteiger partial charge in [0.25, 0.3) is 5.19 Å². The number of halogens is 3. The third kappa shape index (κ3) is 1.78. The van der Waals surface area contributed by atoms with Gasteiger partial charge in [-0.25, -0.2) is 4.98 Å². The van der Waals surface area contributed by atoms with E-state index in [9.17, 15) is 8.78 Å². The number of hydrogen-bond acceptors (Lipinski definition) is 3. The predicted octanol–water partition coefficient (Wildman–Crippen LogP) is 3.55. The lowest BCUT2D eigenvalue weighted by Gasteiger charge is -1.96. The molecule has 1 aromatic heterocycles. The summed E-state index contributed by atoms with van der Waals surface area (Å²) in [6.45, 7) is -2.85. The number of aromatic nitrogens is 1.